The molecule has 0 radical (unpaired) electrons. The van der Waals surface area contributed by atoms with E-state index in [1.165, 1.54) is 6.07 Å². The van der Waals surface area contributed by atoms with Crippen molar-refractivity contribution in [1.82, 2.24) is 9.78 Å². The number of halogens is 2. The fourth-order valence-electron chi connectivity index (χ4n) is 3.26. The third-order valence-electron chi connectivity index (χ3n) is 4.93. The highest BCUT2D eigenvalue weighted by Crippen LogP contribution is 2.27. The third kappa shape index (κ3) is 5.51. The van der Waals surface area contributed by atoms with Gasteiger partial charge < -0.3 is 14.8 Å². The lowest BCUT2D eigenvalue weighted by Gasteiger charge is -2.13. The van der Waals surface area contributed by atoms with Crippen molar-refractivity contribution in [1.29, 1.82) is 0 Å². The molecule has 0 saturated carbocycles. The molecule has 3 aromatic carbocycles. The molecule has 6 nitrogen and oxygen atoms in total. The molecule has 0 bridgehead atoms. The predicted molar refractivity (Wildman–Crippen MR) is 124 cm³/mol. The molecule has 168 valence electrons. The number of ether oxygens (including phenoxy) is 2. The average Bonchev–Trinajstić information content (AvgIpc) is 3.26. The number of hydrogen-bond donors (Lipinski definition) is 1. The van der Waals surface area contributed by atoms with Crippen molar-refractivity contribution in [2.75, 3.05) is 12.4 Å². The van der Waals surface area contributed by atoms with Gasteiger partial charge >= 0.3 is 0 Å². The zero-order valence-electron chi connectivity index (χ0n) is 17.8. The summed E-state index contributed by atoms with van der Waals surface area (Å²) in [4.78, 5) is 12.8. The van der Waals surface area contributed by atoms with E-state index in [1.54, 1.807) is 72.6 Å². The lowest BCUT2D eigenvalue weighted by atomic mass is 10.1. The summed E-state index contributed by atoms with van der Waals surface area (Å²) in [7, 11) is 1.55. The summed E-state index contributed by atoms with van der Waals surface area (Å²) in [5, 5.41) is 7.56. The normalized spacial score (nSPS) is 10.6. The number of amides is 1. The molecule has 0 aliphatic carbocycles. The Morgan fingerprint density at radius 2 is 1.82 bits per heavy atom. The maximum Gasteiger partial charge on any atom is 0.256 e. The number of anilines is 1. The van der Waals surface area contributed by atoms with E-state index in [2.05, 4.69) is 10.4 Å². The topological polar surface area (TPSA) is 65.4 Å². The number of hydrogen-bond acceptors (Lipinski definition) is 4. The number of nitrogens with zero attached hydrogens (tertiary/aromatic N) is 2. The summed E-state index contributed by atoms with van der Waals surface area (Å²) in [6.07, 6.45) is 1.68. The Kier molecular flexibility index (Phi) is 6.90. The molecule has 8 heteroatoms. The van der Waals surface area contributed by atoms with Crippen molar-refractivity contribution in [3.63, 3.8) is 0 Å². The first-order chi connectivity index (χ1) is 16.0. The summed E-state index contributed by atoms with van der Waals surface area (Å²) in [6, 6.07) is 20.4. The first kappa shape index (κ1) is 22.4. The molecule has 0 saturated heterocycles. The SMILES string of the molecule is COc1ccc(C(=O)Nc2ccn(Cc3ccccc3F)n2)cc1COc1ccccc1Cl. The minimum absolute atomic E-state index is 0.172. The predicted octanol–water partition coefficient (Wildman–Crippen LogP) is 5.56. The first-order valence-electron chi connectivity index (χ1n) is 10.2. The monoisotopic (exact) mass is 465 g/mol. The zero-order chi connectivity index (χ0) is 23.2. The van der Waals surface area contributed by atoms with Crippen LogP contribution in [0.5, 0.6) is 11.5 Å². The minimum Gasteiger partial charge on any atom is -0.496 e. The average molecular weight is 466 g/mol. The van der Waals surface area contributed by atoms with E-state index in [4.69, 9.17) is 21.1 Å². The van der Waals surface area contributed by atoms with E-state index in [-0.39, 0.29) is 24.9 Å². The molecular weight excluding hydrogens is 445 g/mol. The number of rotatable bonds is 8. The number of benzene rings is 3. The highest BCUT2D eigenvalue weighted by Gasteiger charge is 2.13. The molecule has 0 fully saturated rings. The fraction of sp³-hybridized carbons (Fsp3) is 0.120. The van der Waals surface area contributed by atoms with Crippen molar-refractivity contribution in [2.45, 2.75) is 13.2 Å². The molecule has 33 heavy (non-hydrogen) atoms. The summed E-state index contributed by atoms with van der Waals surface area (Å²) in [6.45, 7) is 0.430. The Balaban J connectivity index is 1.45. The molecule has 4 rings (SSSR count). The molecule has 0 aliphatic heterocycles. The summed E-state index contributed by atoms with van der Waals surface area (Å²) in [5.41, 5.74) is 1.61. The summed E-state index contributed by atoms with van der Waals surface area (Å²) < 4.78 is 26.6. The van der Waals surface area contributed by atoms with E-state index in [0.29, 0.717) is 39.0 Å². The van der Waals surface area contributed by atoms with Gasteiger partial charge in [-0.1, -0.05) is 41.9 Å². The molecule has 0 aliphatic rings. The van der Waals surface area contributed by atoms with Gasteiger partial charge in [0, 0.05) is 29.0 Å². The quantitative estimate of drug-likeness (QED) is 0.370. The van der Waals surface area contributed by atoms with Crippen LogP contribution in [0, 0.1) is 5.82 Å². The number of carbonyl (C=O) groups excluding carboxylic acids is 1. The summed E-state index contributed by atoms with van der Waals surface area (Å²) >= 11 is 6.15. The highest BCUT2D eigenvalue weighted by molar-refractivity contribution is 6.32. The van der Waals surface area contributed by atoms with Gasteiger partial charge in [0.25, 0.3) is 5.91 Å². The van der Waals surface area contributed by atoms with E-state index >= 15 is 0 Å². The van der Waals surface area contributed by atoms with Crippen molar-refractivity contribution in [3.8, 4) is 11.5 Å². The molecule has 1 heterocycles. The van der Waals surface area contributed by atoms with Crippen molar-refractivity contribution >= 4 is 23.3 Å². The van der Waals surface area contributed by atoms with Crippen LogP contribution < -0.4 is 14.8 Å². The molecule has 1 N–H and O–H groups in total. The van der Waals surface area contributed by atoms with Crippen LogP contribution in [-0.2, 0) is 13.2 Å². The Labute approximate surface area is 195 Å². The van der Waals surface area contributed by atoms with Crippen LogP contribution >= 0.6 is 11.6 Å². The van der Waals surface area contributed by atoms with Crippen LogP contribution in [-0.4, -0.2) is 22.8 Å². The van der Waals surface area contributed by atoms with Gasteiger partial charge in [-0.15, -0.1) is 0 Å². The van der Waals surface area contributed by atoms with Crippen LogP contribution in [0.1, 0.15) is 21.5 Å². The van der Waals surface area contributed by atoms with Crippen LogP contribution in [0.4, 0.5) is 10.2 Å². The Hall–Kier alpha value is -3.84. The van der Waals surface area contributed by atoms with E-state index in [0.717, 1.165) is 0 Å². The Bertz CT molecular complexity index is 1280. The number of methoxy groups -OCH3 is 1. The van der Waals surface area contributed by atoms with Gasteiger partial charge in [-0.25, -0.2) is 4.39 Å². The number of carbonyl (C=O) groups is 1. The number of aromatic nitrogens is 2. The molecule has 0 atom stereocenters. The maximum absolute atomic E-state index is 13.9. The molecule has 1 aromatic heterocycles. The van der Waals surface area contributed by atoms with Crippen molar-refractivity contribution in [3.05, 3.63) is 107 Å². The second kappa shape index (κ2) is 10.2. The van der Waals surface area contributed by atoms with Gasteiger partial charge in [0.2, 0.25) is 0 Å². The molecule has 0 spiro atoms. The largest absolute Gasteiger partial charge is 0.496 e. The lowest BCUT2D eigenvalue weighted by Crippen LogP contribution is -2.14. The molecular formula is C25H21ClFN3O3. The second-order valence-electron chi connectivity index (χ2n) is 7.19. The van der Waals surface area contributed by atoms with Gasteiger partial charge in [-0.2, -0.15) is 5.10 Å². The minimum atomic E-state index is -0.340. The smallest absolute Gasteiger partial charge is 0.256 e. The van der Waals surface area contributed by atoms with Crippen LogP contribution in [0.15, 0.2) is 79.0 Å². The van der Waals surface area contributed by atoms with E-state index in [9.17, 15) is 9.18 Å². The molecule has 0 unspecified atom stereocenters. The van der Waals surface area contributed by atoms with Gasteiger partial charge in [-0.05, 0) is 36.4 Å². The fourth-order valence-corrected chi connectivity index (χ4v) is 3.45. The maximum atomic E-state index is 13.9. The standard InChI is InChI=1S/C25H21ClFN3O3/c1-32-22-11-10-17(14-19(22)16-33-23-9-5-3-7-20(23)26)25(31)28-24-12-13-30(29-24)15-18-6-2-4-8-21(18)27/h2-14H,15-16H2,1H3,(H,28,29,31). The number of nitrogens with one attached hydrogen (secondary N) is 1. The van der Waals surface area contributed by atoms with E-state index < -0.39 is 0 Å². The van der Waals surface area contributed by atoms with Gasteiger partial charge in [-0.3, -0.25) is 9.48 Å². The second-order valence-corrected chi connectivity index (χ2v) is 7.60. The van der Waals surface area contributed by atoms with E-state index in [1.807, 2.05) is 12.1 Å². The van der Waals surface area contributed by atoms with Crippen LogP contribution in [0.25, 0.3) is 0 Å². The highest BCUT2D eigenvalue weighted by atomic mass is 35.5. The molecule has 1 amide bonds. The Morgan fingerprint density at radius 1 is 1.03 bits per heavy atom. The Morgan fingerprint density at radius 3 is 2.61 bits per heavy atom. The zero-order valence-corrected chi connectivity index (χ0v) is 18.6. The first-order valence-corrected chi connectivity index (χ1v) is 10.5. The van der Waals surface area contributed by atoms with Gasteiger partial charge in [0.1, 0.15) is 23.9 Å². The third-order valence-corrected chi connectivity index (χ3v) is 5.25. The number of para-hydroxylation sites is 1. The lowest BCUT2D eigenvalue weighted by molar-refractivity contribution is 0.102. The van der Waals surface area contributed by atoms with Gasteiger partial charge in [0.05, 0.1) is 18.7 Å². The summed E-state index contributed by atoms with van der Waals surface area (Å²) in [5.74, 6) is 0.849. The van der Waals surface area contributed by atoms with Crippen LogP contribution in [0.3, 0.4) is 0 Å². The van der Waals surface area contributed by atoms with Gasteiger partial charge in [0.15, 0.2) is 5.82 Å². The van der Waals surface area contributed by atoms with Crippen LogP contribution in [0.2, 0.25) is 5.02 Å². The van der Waals surface area contributed by atoms with Crippen molar-refractivity contribution in [2.24, 2.45) is 0 Å². The van der Waals surface area contributed by atoms with Crippen molar-refractivity contribution < 1.29 is 18.7 Å². The molecule has 4 aromatic rings.